The number of nitrogens with one attached hydrogen (secondary N) is 1. The number of pyridine rings is 1. The van der Waals surface area contributed by atoms with Crippen molar-refractivity contribution in [2.45, 2.75) is 6.92 Å². The third-order valence-corrected chi connectivity index (χ3v) is 3.54. The van der Waals surface area contributed by atoms with Gasteiger partial charge in [-0.05, 0) is 49.0 Å². The highest BCUT2D eigenvalue weighted by Gasteiger charge is 2.12. The van der Waals surface area contributed by atoms with E-state index in [1.165, 1.54) is 18.2 Å². The van der Waals surface area contributed by atoms with Crippen LogP contribution < -0.4 is 0 Å². The van der Waals surface area contributed by atoms with Gasteiger partial charge in [0.1, 0.15) is 5.82 Å². The van der Waals surface area contributed by atoms with Crippen LogP contribution in [0.25, 0.3) is 16.9 Å². The molecular weight excluding hydrogens is 285 g/mol. The maximum Gasteiger partial charge on any atom is 0.184 e. The second kappa shape index (κ2) is 4.43. The largest absolute Gasteiger partial charge is 0.329 e. The van der Waals surface area contributed by atoms with Crippen LogP contribution in [0.2, 0.25) is 5.02 Å². The topological polar surface area (TPSA) is 33.6 Å². The molecule has 0 aliphatic carbocycles. The Hall–Kier alpha value is -1.72. The first-order chi connectivity index (χ1) is 9.08. The fourth-order valence-corrected chi connectivity index (χ4v) is 2.50. The Morgan fingerprint density at radius 2 is 2.16 bits per heavy atom. The molecule has 0 fully saturated rings. The average Bonchev–Trinajstić information content (AvgIpc) is 2.70. The molecule has 0 aliphatic rings. The monoisotopic (exact) mass is 293 g/mol. The van der Waals surface area contributed by atoms with Crippen LogP contribution in [0.4, 0.5) is 4.39 Å². The number of benzene rings is 1. The standard InChI is InChI=1S/C13H9ClFN3S/c1-7-4-5-16-12-11(7)17-13(19)18(12)10-6-8(15)2-3-9(10)14/h2-6H,1H3,(H,17,19). The quantitative estimate of drug-likeness (QED) is 0.683. The summed E-state index contributed by atoms with van der Waals surface area (Å²) in [7, 11) is 0. The lowest BCUT2D eigenvalue weighted by atomic mass is 10.2. The second-order valence-electron chi connectivity index (χ2n) is 4.19. The van der Waals surface area contributed by atoms with E-state index < -0.39 is 0 Å². The van der Waals surface area contributed by atoms with Gasteiger partial charge >= 0.3 is 0 Å². The Morgan fingerprint density at radius 1 is 1.37 bits per heavy atom. The zero-order valence-electron chi connectivity index (χ0n) is 9.95. The maximum absolute atomic E-state index is 13.4. The summed E-state index contributed by atoms with van der Waals surface area (Å²) in [6.07, 6.45) is 1.68. The highest BCUT2D eigenvalue weighted by Crippen LogP contribution is 2.26. The smallest absolute Gasteiger partial charge is 0.184 e. The Labute approximate surface area is 118 Å². The van der Waals surface area contributed by atoms with Gasteiger partial charge in [-0.15, -0.1) is 0 Å². The second-order valence-corrected chi connectivity index (χ2v) is 4.98. The third kappa shape index (κ3) is 1.95. The molecule has 2 aromatic heterocycles. The number of aryl methyl sites for hydroxylation is 1. The molecule has 0 aliphatic heterocycles. The number of H-pyrrole nitrogens is 1. The lowest BCUT2D eigenvalue weighted by molar-refractivity contribution is 0.626. The number of hydrogen-bond donors (Lipinski definition) is 1. The first kappa shape index (κ1) is 12.3. The van der Waals surface area contributed by atoms with Gasteiger partial charge in [0.05, 0.1) is 16.2 Å². The van der Waals surface area contributed by atoms with E-state index in [2.05, 4.69) is 9.97 Å². The minimum absolute atomic E-state index is 0.372. The fraction of sp³-hybridized carbons (Fsp3) is 0.0769. The molecule has 2 heterocycles. The molecule has 0 saturated carbocycles. The molecule has 3 rings (SSSR count). The average molecular weight is 294 g/mol. The predicted molar refractivity (Wildman–Crippen MR) is 76.0 cm³/mol. The van der Waals surface area contributed by atoms with Crippen LogP contribution in [0, 0.1) is 17.5 Å². The number of nitrogens with zero attached hydrogens (tertiary/aromatic N) is 2. The summed E-state index contributed by atoms with van der Waals surface area (Å²) in [4.78, 5) is 7.37. The molecule has 0 bridgehead atoms. The summed E-state index contributed by atoms with van der Waals surface area (Å²) < 4.78 is 15.5. The van der Waals surface area contributed by atoms with Gasteiger partial charge in [0.25, 0.3) is 0 Å². The molecule has 1 aromatic carbocycles. The number of rotatable bonds is 1. The Balaban J connectivity index is 2.43. The van der Waals surface area contributed by atoms with E-state index in [1.54, 1.807) is 10.8 Å². The minimum atomic E-state index is -0.372. The number of aromatic nitrogens is 3. The van der Waals surface area contributed by atoms with Gasteiger partial charge < -0.3 is 4.98 Å². The SMILES string of the molecule is Cc1ccnc2c1[nH]c(=S)n2-c1cc(F)ccc1Cl. The van der Waals surface area contributed by atoms with Gasteiger partial charge in [0, 0.05) is 6.20 Å². The van der Waals surface area contributed by atoms with Crippen LogP contribution in [0.15, 0.2) is 30.5 Å². The van der Waals surface area contributed by atoms with Crippen LogP contribution in [0.5, 0.6) is 0 Å². The molecule has 0 atom stereocenters. The molecule has 19 heavy (non-hydrogen) atoms. The lowest BCUT2D eigenvalue weighted by Gasteiger charge is -2.06. The van der Waals surface area contributed by atoms with Crippen molar-refractivity contribution >= 4 is 35.0 Å². The molecule has 0 saturated heterocycles. The van der Waals surface area contributed by atoms with Crippen molar-refractivity contribution in [2.75, 3.05) is 0 Å². The summed E-state index contributed by atoms with van der Waals surface area (Å²) in [5, 5.41) is 0.418. The van der Waals surface area contributed by atoms with E-state index in [0.717, 1.165) is 11.1 Å². The van der Waals surface area contributed by atoms with Crippen molar-refractivity contribution in [2.24, 2.45) is 0 Å². The number of imidazole rings is 1. The molecule has 96 valence electrons. The molecular formula is C13H9ClFN3S. The zero-order chi connectivity index (χ0) is 13.6. The Morgan fingerprint density at radius 3 is 2.95 bits per heavy atom. The number of aromatic amines is 1. The first-order valence-corrected chi connectivity index (χ1v) is 6.38. The molecule has 0 radical (unpaired) electrons. The molecule has 0 spiro atoms. The molecule has 3 aromatic rings. The van der Waals surface area contributed by atoms with Crippen LogP contribution >= 0.6 is 23.8 Å². The first-order valence-electron chi connectivity index (χ1n) is 5.59. The molecule has 3 nitrogen and oxygen atoms in total. The highest BCUT2D eigenvalue weighted by molar-refractivity contribution is 7.71. The Bertz CT molecular complexity index is 838. The van der Waals surface area contributed by atoms with Gasteiger partial charge in [-0.25, -0.2) is 9.37 Å². The zero-order valence-corrected chi connectivity index (χ0v) is 11.5. The number of fused-ring (bicyclic) bond motifs is 1. The van der Waals surface area contributed by atoms with Crippen molar-refractivity contribution in [1.82, 2.24) is 14.5 Å². The van der Waals surface area contributed by atoms with E-state index in [0.29, 0.717) is 21.1 Å². The molecule has 0 unspecified atom stereocenters. The number of halogens is 2. The fourth-order valence-electron chi connectivity index (χ4n) is 2.01. The van der Waals surface area contributed by atoms with Gasteiger partial charge in [0.15, 0.2) is 10.4 Å². The van der Waals surface area contributed by atoms with Crippen molar-refractivity contribution in [3.8, 4) is 5.69 Å². The predicted octanol–water partition coefficient (Wildman–Crippen LogP) is 4.18. The maximum atomic E-state index is 13.4. The minimum Gasteiger partial charge on any atom is -0.329 e. The van der Waals surface area contributed by atoms with Crippen molar-refractivity contribution in [1.29, 1.82) is 0 Å². The normalized spacial score (nSPS) is 11.1. The number of hydrogen-bond acceptors (Lipinski definition) is 2. The summed E-state index contributed by atoms with van der Waals surface area (Å²) in [6, 6.07) is 6.03. The lowest BCUT2D eigenvalue weighted by Crippen LogP contribution is -1.97. The van der Waals surface area contributed by atoms with E-state index in [-0.39, 0.29) is 5.82 Å². The Kier molecular flexibility index (Phi) is 2.88. The van der Waals surface area contributed by atoms with Crippen LogP contribution in [-0.2, 0) is 0 Å². The van der Waals surface area contributed by atoms with E-state index in [9.17, 15) is 4.39 Å². The summed E-state index contributed by atoms with van der Waals surface area (Å²) in [6.45, 7) is 1.95. The van der Waals surface area contributed by atoms with Crippen LogP contribution in [-0.4, -0.2) is 14.5 Å². The van der Waals surface area contributed by atoms with E-state index >= 15 is 0 Å². The van der Waals surface area contributed by atoms with E-state index in [4.69, 9.17) is 23.8 Å². The van der Waals surface area contributed by atoms with Crippen molar-refractivity contribution < 1.29 is 4.39 Å². The summed E-state index contributed by atoms with van der Waals surface area (Å²) >= 11 is 11.4. The van der Waals surface area contributed by atoms with E-state index in [1.807, 2.05) is 13.0 Å². The summed E-state index contributed by atoms with van der Waals surface area (Å²) in [5.41, 5.74) is 2.96. The van der Waals surface area contributed by atoms with Crippen molar-refractivity contribution in [3.63, 3.8) is 0 Å². The van der Waals surface area contributed by atoms with Crippen LogP contribution in [0.3, 0.4) is 0 Å². The summed E-state index contributed by atoms with van der Waals surface area (Å²) in [5.74, 6) is -0.372. The van der Waals surface area contributed by atoms with Gasteiger partial charge in [-0.2, -0.15) is 0 Å². The van der Waals surface area contributed by atoms with Gasteiger partial charge in [-0.1, -0.05) is 11.6 Å². The molecule has 1 N–H and O–H groups in total. The van der Waals surface area contributed by atoms with Crippen LogP contribution in [0.1, 0.15) is 5.56 Å². The third-order valence-electron chi connectivity index (χ3n) is 2.94. The van der Waals surface area contributed by atoms with Gasteiger partial charge in [-0.3, -0.25) is 4.57 Å². The molecule has 0 amide bonds. The van der Waals surface area contributed by atoms with Crippen molar-refractivity contribution in [3.05, 3.63) is 51.6 Å². The highest BCUT2D eigenvalue weighted by atomic mass is 35.5. The molecule has 6 heteroatoms. The van der Waals surface area contributed by atoms with Gasteiger partial charge in [0.2, 0.25) is 0 Å².